The maximum Gasteiger partial charge on any atom is 0.0687 e. The van der Waals surface area contributed by atoms with Gasteiger partial charge in [0, 0.05) is 3.92 Å². The lowest BCUT2D eigenvalue weighted by molar-refractivity contribution is -0.177. The Labute approximate surface area is 91.4 Å². The summed E-state index contributed by atoms with van der Waals surface area (Å²) < 4.78 is 0.929. The quantitative estimate of drug-likeness (QED) is 0.529. The van der Waals surface area contributed by atoms with Crippen LogP contribution in [0.3, 0.4) is 0 Å². The molecule has 0 heterocycles. The summed E-state index contributed by atoms with van der Waals surface area (Å²) in [6.45, 7) is 2.13. The van der Waals surface area contributed by atoms with Gasteiger partial charge in [0.15, 0.2) is 0 Å². The van der Waals surface area contributed by atoms with Crippen molar-refractivity contribution >= 4 is 22.6 Å². The monoisotopic (exact) mass is 288 g/mol. The molecule has 0 amide bonds. The Morgan fingerprint density at radius 2 is 1.46 bits per heavy atom. The minimum atomic E-state index is -0.254. The van der Waals surface area contributed by atoms with Crippen LogP contribution in [0.15, 0.2) is 0 Å². The highest BCUT2D eigenvalue weighted by atomic mass is 127. The van der Waals surface area contributed by atoms with E-state index in [1.807, 2.05) is 0 Å². The van der Waals surface area contributed by atoms with Crippen molar-refractivity contribution in [3.63, 3.8) is 0 Å². The Morgan fingerprint density at radius 1 is 0.923 bits per heavy atom. The Bertz CT molecular complexity index is 337. The lowest BCUT2D eigenvalue weighted by Gasteiger charge is -2.63. The van der Waals surface area contributed by atoms with E-state index in [1.54, 1.807) is 0 Å². The second kappa shape index (κ2) is 1.53. The van der Waals surface area contributed by atoms with Crippen LogP contribution in [0.2, 0.25) is 0 Å². The first kappa shape index (κ1) is 7.04. The van der Waals surface area contributed by atoms with Crippen LogP contribution >= 0.6 is 22.6 Å². The van der Waals surface area contributed by atoms with Gasteiger partial charge in [0.25, 0.3) is 0 Å². The largest absolute Gasteiger partial charge is 0.390 e. The van der Waals surface area contributed by atoms with Crippen LogP contribution in [0, 0.1) is 47.3 Å². The fourth-order valence-electron chi connectivity index (χ4n) is 6.57. The van der Waals surface area contributed by atoms with E-state index in [1.165, 1.54) is 0 Å². The van der Waals surface area contributed by atoms with Gasteiger partial charge in [-0.2, -0.15) is 0 Å². The van der Waals surface area contributed by atoms with E-state index in [-0.39, 0.29) is 5.60 Å². The summed E-state index contributed by atoms with van der Waals surface area (Å²) in [5.41, 5.74) is -0.254. The molecule has 4 bridgehead atoms. The van der Waals surface area contributed by atoms with Crippen molar-refractivity contribution in [2.45, 2.75) is 16.4 Å². The van der Waals surface area contributed by atoms with Crippen LogP contribution in [0.4, 0.5) is 0 Å². The van der Waals surface area contributed by atoms with Gasteiger partial charge in [-0.05, 0) is 54.3 Å². The summed E-state index contributed by atoms with van der Waals surface area (Å²) in [7, 11) is 0. The minimum absolute atomic E-state index is 0.254. The second-order valence-electron chi connectivity index (χ2n) is 6.19. The summed E-state index contributed by atoms with van der Waals surface area (Å²) in [4.78, 5) is 0. The minimum Gasteiger partial charge on any atom is -0.390 e. The molecule has 10 atom stereocenters. The second-order valence-corrected chi connectivity index (χ2v) is 7.62. The summed E-state index contributed by atoms with van der Waals surface area (Å²) in [6.07, 6.45) is 0. The van der Waals surface area contributed by atoms with Crippen molar-refractivity contribution < 1.29 is 5.11 Å². The molecule has 0 radical (unpaired) electrons. The molecule has 0 spiro atoms. The van der Waals surface area contributed by atoms with E-state index in [9.17, 15) is 5.11 Å². The van der Waals surface area contributed by atoms with Crippen LogP contribution < -0.4 is 0 Å². The molecule has 6 aliphatic carbocycles. The molecule has 0 unspecified atom stereocenters. The predicted molar refractivity (Wildman–Crippen MR) is 56.4 cm³/mol. The molecular formula is C11H13IO. The molecule has 0 saturated heterocycles. The summed E-state index contributed by atoms with van der Waals surface area (Å²) in [5, 5.41) is 10.5. The van der Waals surface area contributed by atoms with Crippen molar-refractivity contribution in [1.29, 1.82) is 0 Å². The number of aliphatic hydroxyl groups is 1. The first-order valence-corrected chi connectivity index (χ1v) is 6.76. The van der Waals surface area contributed by atoms with Crippen molar-refractivity contribution in [2.75, 3.05) is 0 Å². The third-order valence-corrected chi connectivity index (χ3v) is 8.07. The molecular weight excluding hydrogens is 275 g/mol. The fourth-order valence-corrected chi connectivity index (χ4v) is 8.45. The van der Waals surface area contributed by atoms with Gasteiger partial charge in [-0.1, -0.05) is 22.6 Å². The van der Waals surface area contributed by atoms with Crippen molar-refractivity contribution in [2.24, 2.45) is 47.3 Å². The predicted octanol–water partition coefficient (Wildman–Crippen LogP) is 1.54. The molecule has 2 heteroatoms. The Kier molecular flexibility index (Phi) is 0.828. The van der Waals surface area contributed by atoms with Gasteiger partial charge in [-0.15, -0.1) is 0 Å². The molecule has 1 nitrogen and oxygen atoms in total. The van der Waals surface area contributed by atoms with Crippen LogP contribution in [0.5, 0.6) is 0 Å². The standard InChI is InChI=1S/C11H13IO/c1-11(13)8-3-2-4(8)7-9(11)5(3)6(2)10(7)12/h2-10,13H,1H3/t2-,3-,4-,5+,6-,7-,8+,9+,10+,11-/m1/s1. The number of hydrogen-bond acceptors (Lipinski definition) is 1. The summed E-state index contributed by atoms with van der Waals surface area (Å²) in [5.74, 6) is 7.38. The van der Waals surface area contributed by atoms with E-state index in [0.29, 0.717) is 5.92 Å². The zero-order valence-corrected chi connectivity index (χ0v) is 9.68. The van der Waals surface area contributed by atoms with Gasteiger partial charge in [0.1, 0.15) is 0 Å². The maximum absolute atomic E-state index is 10.5. The summed E-state index contributed by atoms with van der Waals surface area (Å²) >= 11 is 2.68. The highest BCUT2D eigenvalue weighted by molar-refractivity contribution is 14.1. The number of rotatable bonds is 0. The molecule has 6 aliphatic rings. The molecule has 13 heavy (non-hydrogen) atoms. The molecule has 0 aromatic rings. The highest BCUT2D eigenvalue weighted by Crippen LogP contribution is 2.91. The van der Waals surface area contributed by atoms with Crippen LogP contribution in [0.1, 0.15) is 6.92 Å². The zero-order valence-electron chi connectivity index (χ0n) is 7.52. The van der Waals surface area contributed by atoms with E-state index < -0.39 is 0 Å². The topological polar surface area (TPSA) is 20.2 Å². The average molecular weight is 288 g/mol. The molecule has 6 rings (SSSR count). The first-order chi connectivity index (χ1) is 6.15. The van der Waals surface area contributed by atoms with Gasteiger partial charge in [-0.3, -0.25) is 0 Å². The molecule has 0 aliphatic heterocycles. The van der Waals surface area contributed by atoms with E-state index in [0.717, 1.165) is 45.3 Å². The zero-order chi connectivity index (χ0) is 8.70. The van der Waals surface area contributed by atoms with Gasteiger partial charge in [0.05, 0.1) is 5.60 Å². The lowest BCUT2D eigenvalue weighted by atomic mass is 9.41. The Hall–Kier alpha value is 0.690. The first-order valence-electron chi connectivity index (χ1n) is 5.52. The van der Waals surface area contributed by atoms with E-state index >= 15 is 0 Å². The Balaban J connectivity index is 1.83. The number of alkyl halides is 1. The van der Waals surface area contributed by atoms with E-state index in [2.05, 4.69) is 29.5 Å². The van der Waals surface area contributed by atoms with Crippen LogP contribution in [-0.2, 0) is 0 Å². The number of halogens is 1. The van der Waals surface area contributed by atoms with Gasteiger partial charge < -0.3 is 5.11 Å². The van der Waals surface area contributed by atoms with Gasteiger partial charge >= 0.3 is 0 Å². The number of hydrogen-bond donors (Lipinski definition) is 1. The van der Waals surface area contributed by atoms with Crippen molar-refractivity contribution in [3.05, 3.63) is 0 Å². The lowest BCUT2D eigenvalue weighted by Crippen LogP contribution is -2.61. The molecule has 0 aromatic heterocycles. The average Bonchev–Trinajstić information content (AvgIpc) is 2.42. The Morgan fingerprint density at radius 3 is 2.00 bits per heavy atom. The highest BCUT2D eigenvalue weighted by Gasteiger charge is 2.91. The van der Waals surface area contributed by atoms with Crippen molar-refractivity contribution in [1.82, 2.24) is 0 Å². The summed E-state index contributed by atoms with van der Waals surface area (Å²) in [6, 6.07) is 0. The van der Waals surface area contributed by atoms with Crippen molar-refractivity contribution in [3.8, 4) is 0 Å². The third-order valence-electron chi connectivity index (χ3n) is 6.41. The molecule has 1 N–H and O–H groups in total. The molecule has 6 saturated carbocycles. The molecule has 0 aromatic carbocycles. The smallest absolute Gasteiger partial charge is 0.0687 e. The van der Waals surface area contributed by atoms with E-state index in [4.69, 9.17) is 0 Å². The maximum atomic E-state index is 10.5. The third kappa shape index (κ3) is 0.394. The van der Waals surface area contributed by atoms with Crippen LogP contribution in [0.25, 0.3) is 0 Å². The SMILES string of the molecule is C[C@@]1(O)[C@H]2[C@@H]3[C@H]4[C@H]5[C@H](I)[C@H]([C@@H]42)[C@@H]1[C@H]53. The van der Waals surface area contributed by atoms with Gasteiger partial charge in [0.2, 0.25) is 0 Å². The van der Waals surface area contributed by atoms with Crippen LogP contribution in [-0.4, -0.2) is 14.6 Å². The fraction of sp³-hybridized carbons (Fsp3) is 1.00. The molecule has 70 valence electrons. The van der Waals surface area contributed by atoms with Gasteiger partial charge in [-0.25, -0.2) is 0 Å². The normalized spacial score (nSPS) is 90.2. The molecule has 6 fully saturated rings.